The van der Waals surface area contributed by atoms with E-state index in [0.29, 0.717) is 17.7 Å². The van der Waals surface area contributed by atoms with Gasteiger partial charge in [0.15, 0.2) is 6.10 Å². The normalized spacial score (nSPS) is 12.6. The molecule has 2 aromatic carbocycles. The number of ether oxygens (including phenoxy) is 2. The Morgan fingerprint density at radius 3 is 2.03 bits per heavy atom. The number of nitrogens with two attached hydrogens (primary N) is 1. The van der Waals surface area contributed by atoms with E-state index in [2.05, 4.69) is 4.98 Å². The van der Waals surface area contributed by atoms with Crippen molar-refractivity contribution in [3.63, 3.8) is 0 Å². The molecule has 0 spiro atoms. The maximum Gasteiger partial charge on any atom is 0.416 e. The summed E-state index contributed by atoms with van der Waals surface area (Å²) in [6, 6.07) is 10.5. The third kappa shape index (κ3) is 6.52. The summed E-state index contributed by atoms with van der Waals surface area (Å²) in [5, 5.41) is 0. The molecular formula is C24H18F6N2O4. The maximum atomic E-state index is 13.2. The van der Waals surface area contributed by atoms with Gasteiger partial charge in [0.1, 0.15) is 12.4 Å². The molecule has 0 unspecified atom stereocenters. The SMILES string of the molecule is CC(=O)O[C@@H](c1ccccc1)c1cc(OCc2cc(C(F)(F)F)cc(C(F)(F)F)c2)c(C(N)=O)cn1. The van der Waals surface area contributed by atoms with Gasteiger partial charge >= 0.3 is 18.3 Å². The van der Waals surface area contributed by atoms with Crippen molar-refractivity contribution < 1.29 is 45.4 Å². The third-order valence-corrected chi connectivity index (χ3v) is 4.85. The molecule has 1 atom stereocenters. The van der Waals surface area contributed by atoms with Gasteiger partial charge in [-0.15, -0.1) is 0 Å². The number of alkyl halides is 6. The van der Waals surface area contributed by atoms with Crippen LogP contribution < -0.4 is 10.5 Å². The van der Waals surface area contributed by atoms with Crippen LogP contribution in [0.2, 0.25) is 0 Å². The van der Waals surface area contributed by atoms with Crippen LogP contribution in [0.15, 0.2) is 60.8 Å². The fraction of sp³-hybridized carbons (Fsp3) is 0.208. The number of hydrogen-bond donors (Lipinski definition) is 1. The standard InChI is InChI=1S/C24H18F6N2O4/c1-13(33)36-21(15-5-3-2-4-6-15)19-10-20(18(11-32-19)22(31)34)35-12-14-7-16(23(25,26)27)9-17(8-14)24(28,29)30/h2-11,21H,12H2,1H3,(H2,31,34)/t21-/m0/s1. The van der Waals surface area contributed by atoms with Gasteiger partial charge < -0.3 is 15.2 Å². The summed E-state index contributed by atoms with van der Waals surface area (Å²) in [5.41, 5.74) is 2.15. The number of carbonyl (C=O) groups is 2. The van der Waals surface area contributed by atoms with E-state index in [-0.39, 0.29) is 23.1 Å². The van der Waals surface area contributed by atoms with Crippen LogP contribution >= 0.6 is 0 Å². The van der Waals surface area contributed by atoms with Crippen molar-refractivity contribution in [3.05, 3.63) is 94.3 Å². The summed E-state index contributed by atoms with van der Waals surface area (Å²) < 4.78 is 89.7. The Labute approximate surface area is 200 Å². The summed E-state index contributed by atoms with van der Waals surface area (Å²) in [4.78, 5) is 27.6. The van der Waals surface area contributed by atoms with Crippen molar-refractivity contribution in [2.24, 2.45) is 5.73 Å². The van der Waals surface area contributed by atoms with E-state index in [4.69, 9.17) is 15.2 Å². The topological polar surface area (TPSA) is 91.5 Å². The minimum Gasteiger partial charge on any atom is -0.488 e. The zero-order chi connectivity index (χ0) is 26.7. The Morgan fingerprint density at radius 1 is 0.944 bits per heavy atom. The van der Waals surface area contributed by atoms with E-state index in [1.54, 1.807) is 30.3 Å². The van der Waals surface area contributed by atoms with Crippen molar-refractivity contribution >= 4 is 11.9 Å². The van der Waals surface area contributed by atoms with Gasteiger partial charge in [0, 0.05) is 19.2 Å². The van der Waals surface area contributed by atoms with E-state index >= 15 is 0 Å². The van der Waals surface area contributed by atoms with E-state index < -0.39 is 53.6 Å². The number of hydrogen-bond acceptors (Lipinski definition) is 5. The first-order valence-corrected chi connectivity index (χ1v) is 10.2. The molecule has 12 heteroatoms. The van der Waals surface area contributed by atoms with Crippen LogP contribution in [-0.2, 0) is 28.5 Å². The van der Waals surface area contributed by atoms with E-state index in [0.717, 1.165) is 13.1 Å². The maximum absolute atomic E-state index is 13.2. The Morgan fingerprint density at radius 2 is 1.53 bits per heavy atom. The fourth-order valence-electron chi connectivity index (χ4n) is 3.26. The van der Waals surface area contributed by atoms with Crippen LogP contribution in [0.25, 0.3) is 0 Å². The van der Waals surface area contributed by atoms with Crippen LogP contribution in [0.4, 0.5) is 26.3 Å². The average Bonchev–Trinajstić information content (AvgIpc) is 2.80. The van der Waals surface area contributed by atoms with Gasteiger partial charge in [0.05, 0.1) is 22.4 Å². The van der Waals surface area contributed by atoms with Crippen molar-refractivity contribution in [1.82, 2.24) is 4.98 Å². The number of amides is 1. The zero-order valence-electron chi connectivity index (χ0n) is 18.5. The number of benzene rings is 2. The van der Waals surface area contributed by atoms with Crippen molar-refractivity contribution in [2.45, 2.75) is 32.0 Å². The lowest BCUT2D eigenvalue weighted by Gasteiger charge is -2.19. The monoisotopic (exact) mass is 512 g/mol. The summed E-state index contributed by atoms with van der Waals surface area (Å²) >= 11 is 0. The Bertz CT molecular complexity index is 1230. The number of pyridine rings is 1. The summed E-state index contributed by atoms with van der Waals surface area (Å²) in [6.07, 6.45) is -10.1. The quantitative estimate of drug-likeness (QED) is 0.336. The van der Waals surface area contributed by atoms with Gasteiger partial charge in [0.2, 0.25) is 0 Å². The van der Waals surface area contributed by atoms with Crippen molar-refractivity contribution in [3.8, 4) is 5.75 Å². The van der Waals surface area contributed by atoms with Gasteiger partial charge in [0.25, 0.3) is 5.91 Å². The lowest BCUT2D eigenvalue weighted by molar-refractivity contribution is -0.145. The molecule has 190 valence electrons. The first-order chi connectivity index (χ1) is 16.8. The second-order valence-electron chi connectivity index (χ2n) is 7.57. The minimum absolute atomic E-state index is 0.00750. The summed E-state index contributed by atoms with van der Waals surface area (Å²) in [5.74, 6) is -1.94. The number of esters is 1. The molecule has 1 aromatic heterocycles. The van der Waals surface area contributed by atoms with Crippen molar-refractivity contribution in [2.75, 3.05) is 0 Å². The highest BCUT2D eigenvalue weighted by atomic mass is 19.4. The number of primary amides is 1. The lowest BCUT2D eigenvalue weighted by atomic mass is 10.0. The zero-order valence-corrected chi connectivity index (χ0v) is 18.5. The highest BCUT2D eigenvalue weighted by Gasteiger charge is 2.37. The smallest absolute Gasteiger partial charge is 0.416 e. The van der Waals surface area contributed by atoms with E-state index in [1.807, 2.05) is 0 Å². The molecule has 1 amide bonds. The molecule has 3 aromatic rings. The molecule has 0 fully saturated rings. The number of rotatable bonds is 7. The van der Waals surface area contributed by atoms with Gasteiger partial charge in [-0.25, -0.2) is 0 Å². The lowest BCUT2D eigenvalue weighted by Crippen LogP contribution is -2.17. The molecular weight excluding hydrogens is 494 g/mol. The van der Waals surface area contributed by atoms with E-state index in [1.165, 1.54) is 6.07 Å². The number of nitrogens with zero attached hydrogens (tertiary/aromatic N) is 1. The largest absolute Gasteiger partial charge is 0.488 e. The Hall–Kier alpha value is -4.09. The van der Waals surface area contributed by atoms with Gasteiger partial charge in [-0.05, 0) is 29.3 Å². The van der Waals surface area contributed by atoms with Crippen LogP contribution in [0.1, 0.15) is 51.3 Å². The molecule has 36 heavy (non-hydrogen) atoms. The molecule has 0 bridgehead atoms. The predicted octanol–water partition coefficient (Wildman–Crippen LogP) is 5.45. The van der Waals surface area contributed by atoms with Gasteiger partial charge in [-0.2, -0.15) is 26.3 Å². The molecule has 0 radical (unpaired) electrons. The highest BCUT2D eigenvalue weighted by Crippen LogP contribution is 2.37. The second kappa shape index (κ2) is 10.3. The van der Waals surface area contributed by atoms with Crippen LogP contribution in [0, 0.1) is 0 Å². The number of aromatic nitrogens is 1. The summed E-state index contributed by atoms with van der Waals surface area (Å²) in [6.45, 7) is 0.400. The molecule has 3 rings (SSSR count). The minimum atomic E-state index is -5.04. The molecule has 1 heterocycles. The third-order valence-electron chi connectivity index (χ3n) is 4.85. The predicted molar refractivity (Wildman–Crippen MR) is 114 cm³/mol. The van der Waals surface area contributed by atoms with Gasteiger partial charge in [-0.1, -0.05) is 30.3 Å². The second-order valence-corrected chi connectivity index (χ2v) is 7.57. The average molecular weight is 512 g/mol. The molecule has 0 aliphatic carbocycles. The molecule has 0 aliphatic rings. The summed E-state index contributed by atoms with van der Waals surface area (Å²) in [7, 11) is 0. The number of halogens is 6. The van der Waals surface area contributed by atoms with Crippen LogP contribution in [-0.4, -0.2) is 16.9 Å². The first kappa shape index (κ1) is 26.5. The van der Waals surface area contributed by atoms with E-state index in [9.17, 15) is 35.9 Å². The number of carbonyl (C=O) groups excluding carboxylic acids is 2. The molecule has 6 nitrogen and oxygen atoms in total. The Kier molecular flexibility index (Phi) is 7.56. The fourth-order valence-corrected chi connectivity index (χ4v) is 3.26. The molecule has 0 saturated heterocycles. The van der Waals surface area contributed by atoms with Gasteiger partial charge in [-0.3, -0.25) is 14.6 Å². The molecule has 0 aliphatic heterocycles. The molecule has 0 saturated carbocycles. The highest BCUT2D eigenvalue weighted by molar-refractivity contribution is 5.95. The molecule has 2 N–H and O–H groups in total. The first-order valence-electron chi connectivity index (χ1n) is 10.2. The van der Waals surface area contributed by atoms with Crippen LogP contribution in [0.5, 0.6) is 5.75 Å². The van der Waals surface area contributed by atoms with Crippen LogP contribution in [0.3, 0.4) is 0 Å². The van der Waals surface area contributed by atoms with Crippen molar-refractivity contribution in [1.29, 1.82) is 0 Å². The Balaban J connectivity index is 2.01.